The lowest BCUT2D eigenvalue weighted by molar-refractivity contribution is -0.145. The molecule has 5 nitrogen and oxygen atoms in total. The van der Waals surface area contributed by atoms with Crippen LogP contribution in [-0.2, 0) is 4.79 Å². The molecule has 5 heteroatoms. The van der Waals surface area contributed by atoms with Gasteiger partial charge in [0.1, 0.15) is 18.1 Å². The van der Waals surface area contributed by atoms with Gasteiger partial charge in [0.2, 0.25) is 0 Å². The van der Waals surface area contributed by atoms with E-state index in [0.29, 0.717) is 5.75 Å². The molecular weight excluding hydrogens is 270 g/mol. The topological polar surface area (TPSA) is 70.0 Å². The van der Waals surface area contributed by atoms with Gasteiger partial charge in [0.25, 0.3) is 0 Å². The lowest BCUT2D eigenvalue weighted by Gasteiger charge is -2.33. The average Bonchev–Trinajstić information content (AvgIpc) is 2.49. The molecule has 0 bridgehead atoms. The van der Waals surface area contributed by atoms with Gasteiger partial charge in [-0.15, -0.1) is 0 Å². The summed E-state index contributed by atoms with van der Waals surface area (Å²) in [5.41, 5.74) is 0. The molecule has 0 radical (unpaired) electrons. The van der Waals surface area contributed by atoms with Crippen LogP contribution in [0.15, 0.2) is 24.3 Å². The number of nitrogens with zero attached hydrogens (tertiary/aromatic N) is 1. The average molecular weight is 293 g/mol. The maximum atomic E-state index is 11.5. The fourth-order valence-electron chi connectivity index (χ4n) is 2.81. The van der Waals surface area contributed by atoms with Crippen molar-refractivity contribution < 1.29 is 19.7 Å². The summed E-state index contributed by atoms with van der Waals surface area (Å²) < 4.78 is 5.59. The van der Waals surface area contributed by atoms with Crippen molar-refractivity contribution in [2.45, 2.75) is 19.8 Å². The number of likely N-dealkylation sites (tertiary alicyclic amines) is 1. The van der Waals surface area contributed by atoms with Crippen LogP contribution >= 0.6 is 0 Å². The number of benzene rings is 1. The molecule has 0 saturated carbocycles. The first-order valence-electron chi connectivity index (χ1n) is 7.47. The van der Waals surface area contributed by atoms with Crippen molar-refractivity contribution in [2.24, 2.45) is 11.8 Å². The minimum atomic E-state index is -0.788. The van der Waals surface area contributed by atoms with E-state index >= 15 is 0 Å². The number of rotatable bonds is 6. The van der Waals surface area contributed by atoms with E-state index in [2.05, 4.69) is 11.8 Å². The standard InChI is InChI=1S/C16H23NO4/c1-2-17-9-7-12(8-10-17)15(16(19)20)11-21-14-5-3-13(18)4-6-14/h3-6,12,15,18H,2,7-11H2,1H3,(H,19,20). The van der Waals surface area contributed by atoms with Gasteiger partial charge < -0.3 is 19.8 Å². The van der Waals surface area contributed by atoms with E-state index in [1.165, 1.54) is 12.1 Å². The number of ether oxygens (including phenoxy) is 1. The zero-order chi connectivity index (χ0) is 15.2. The van der Waals surface area contributed by atoms with Crippen LogP contribution in [-0.4, -0.2) is 47.3 Å². The predicted molar refractivity (Wildman–Crippen MR) is 79.6 cm³/mol. The Morgan fingerprint density at radius 1 is 1.33 bits per heavy atom. The molecule has 1 saturated heterocycles. The molecule has 1 aromatic carbocycles. The predicted octanol–water partition coefficient (Wildman–Crippen LogP) is 2.20. The van der Waals surface area contributed by atoms with Gasteiger partial charge >= 0.3 is 5.97 Å². The summed E-state index contributed by atoms with van der Waals surface area (Å²) in [5, 5.41) is 18.7. The van der Waals surface area contributed by atoms with E-state index in [4.69, 9.17) is 4.74 Å². The molecule has 2 N–H and O–H groups in total. The second-order valence-corrected chi connectivity index (χ2v) is 5.52. The minimum Gasteiger partial charge on any atom is -0.508 e. The van der Waals surface area contributed by atoms with Gasteiger partial charge in [0.05, 0.1) is 5.92 Å². The van der Waals surface area contributed by atoms with Gasteiger partial charge in [-0.25, -0.2) is 0 Å². The lowest BCUT2D eigenvalue weighted by Crippen LogP contribution is -2.39. The number of hydrogen-bond donors (Lipinski definition) is 2. The van der Waals surface area contributed by atoms with Crippen molar-refractivity contribution in [3.05, 3.63) is 24.3 Å². The van der Waals surface area contributed by atoms with Crippen LogP contribution in [0, 0.1) is 11.8 Å². The molecule has 1 atom stereocenters. The fraction of sp³-hybridized carbons (Fsp3) is 0.562. The zero-order valence-corrected chi connectivity index (χ0v) is 12.4. The van der Waals surface area contributed by atoms with Crippen molar-refractivity contribution >= 4 is 5.97 Å². The number of aromatic hydroxyl groups is 1. The second-order valence-electron chi connectivity index (χ2n) is 5.52. The highest BCUT2D eigenvalue weighted by atomic mass is 16.5. The molecular formula is C16H23NO4. The monoisotopic (exact) mass is 293 g/mol. The largest absolute Gasteiger partial charge is 0.508 e. The highest BCUT2D eigenvalue weighted by Gasteiger charge is 2.31. The smallest absolute Gasteiger partial charge is 0.310 e. The zero-order valence-electron chi connectivity index (χ0n) is 12.4. The van der Waals surface area contributed by atoms with Crippen molar-refractivity contribution in [3.63, 3.8) is 0 Å². The number of hydrogen-bond acceptors (Lipinski definition) is 4. The van der Waals surface area contributed by atoms with Crippen LogP contribution < -0.4 is 4.74 Å². The van der Waals surface area contributed by atoms with Crippen LogP contribution in [0.1, 0.15) is 19.8 Å². The van der Waals surface area contributed by atoms with E-state index in [-0.39, 0.29) is 18.3 Å². The molecule has 21 heavy (non-hydrogen) atoms. The number of piperidine rings is 1. The first kappa shape index (κ1) is 15.6. The summed E-state index contributed by atoms with van der Waals surface area (Å²) in [6.07, 6.45) is 1.81. The Kier molecular flexibility index (Phi) is 5.44. The molecule has 2 rings (SSSR count). The SMILES string of the molecule is CCN1CCC(C(COc2ccc(O)cc2)C(=O)O)CC1. The molecule has 0 spiro atoms. The number of carboxylic acid groups (broad SMARTS) is 1. The first-order chi connectivity index (χ1) is 10.1. The molecule has 1 aromatic rings. The maximum absolute atomic E-state index is 11.5. The summed E-state index contributed by atoms with van der Waals surface area (Å²) >= 11 is 0. The van der Waals surface area contributed by atoms with Crippen LogP contribution in [0.3, 0.4) is 0 Å². The first-order valence-corrected chi connectivity index (χ1v) is 7.47. The van der Waals surface area contributed by atoms with E-state index < -0.39 is 11.9 Å². The van der Waals surface area contributed by atoms with Gasteiger partial charge in [0.15, 0.2) is 0 Å². The molecule has 1 unspecified atom stereocenters. The molecule has 1 fully saturated rings. The Hall–Kier alpha value is -1.75. The Balaban J connectivity index is 1.90. The van der Waals surface area contributed by atoms with Crippen molar-refractivity contribution in [1.29, 1.82) is 0 Å². The molecule has 1 aliphatic rings. The Morgan fingerprint density at radius 2 is 1.95 bits per heavy atom. The Morgan fingerprint density at radius 3 is 2.48 bits per heavy atom. The summed E-state index contributed by atoms with van der Waals surface area (Å²) in [6, 6.07) is 6.36. The van der Waals surface area contributed by atoms with E-state index in [1.807, 2.05) is 0 Å². The lowest BCUT2D eigenvalue weighted by atomic mass is 9.84. The molecule has 1 heterocycles. The third-order valence-electron chi connectivity index (χ3n) is 4.23. The van der Waals surface area contributed by atoms with Gasteiger partial charge in [-0.05, 0) is 62.7 Å². The number of phenols is 1. The van der Waals surface area contributed by atoms with Crippen molar-refractivity contribution in [1.82, 2.24) is 4.90 Å². The minimum absolute atomic E-state index is 0.169. The number of carboxylic acids is 1. The molecule has 0 amide bonds. The second kappa shape index (κ2) is 7.31. The van der Waals surface area contributed by atoms with Crippen LogP contribution in [0.25, 0.3) is 0 Å². The van der Waals surface area contributed by atoms with E-state index in [1.54, 1.807) is 12.1 Å². The maximum Gasteiger partial charge on any atom is 0.310 e. The normalized spacial score (nSPS) is 18.3. The van der Waals surface area contributed by atoms with Crippen molar-refractivity contribution in [2.75, 3.05) is 26.2 Å². The number of aliphatic carboxylic acids is 1. The van der Waals surface area contributed by atoms with Crippen LogP contribution in [0.4, 0.5) is 0 Å². The quantitative estimate of drug-likeness (QED) is 0.841. The highest BCUT2D eigenvalue weighted by Crippen LogP contribution is 2.26. The van der Waals surface area contributed by atoms with Crippen LogP contribution in [0.2, 0.25) is 0 Å². The highest BCUT2D eigenvalue weighted by molar-refractivity contribution is 5.70. The van der Waals surface area contributed by atoms with Gasteiger partial charge in [-0.3, -0.25) is 4.79 Å². The van der Waals surface area contributed by atoms with Gasteiger partial charge in [0, 0.05) is 0 Å². The number of carbonyl (C=O) groups is 1. The van der Waals surface area contributed by atoms with E-state index in [9.17, 15) is 15.0 Å². The molecule has 0 aliphatic carbocycles. The van der Waals surface area contributed by atoms with Crippen LogP contribution in [0.5, 0.6) is 11.5 Å². The van der Waals surface area contributed by atoms with Crippen molar-refractivity contribution in [3.8, 4) is 11.5 Å². The Labute approximate surface area is 125 Å². The molecule has 116 valence electrons. The third kappa shape index (κ3) is 4.36. The van der Waals surface area contributed by atoms with Gasteiger partial charge in [-0.2, -0.15) is 0 Å². The summed E-state index contributed by atoms with van der Waals surface area (Å²) in [7, 11) is 0. The summed E-state index contributed by atoms with van der Waals surface area (Å²) in [6.45, 7) is 5.25. The summed E-state index contributed by atoms with van der Waals surface area (Å²) in [5.74, 6) is -0.335. The third-order valence-corrected chi connectivity index (χ3v) is 4.23. The summed E-state index contributed by atoms with van der Waals surface area (Å²) in [4.78, 5) is 13.8. The number of phenolic OH excluding ortho intramolecular Hbond substituents is 1. The Bertz CT molecular complexity index is 452. The fourth-order valence-corrected chi connectivity index (χ4v) is 2.81. The molecule has 1 aliphatic heterocycles. The van der Waals surface area contributed by atoms with Gasteiger partial charge in [-0.1, -0.05) is 6.92 Å². The van der Waals surface area contributed by atoms with E-state index in [0.717, 1.165) is 32.5 Å². The molecule has 0 aromatic heterocycles.